The molecule has 1 aliphatic rings. The summed E-state index contributed by atoms with van der Waals surface area (Å²) in [7, 11) is 1.73. The van der Waals surface area contributed by atoms with E-state index in [2.05, 4.69) is 11.6 Å². The average Bonchev–Trinajstić information content (AvgIpc) is 3.31. The van der Waals surface area contributed by atoms with Crippen molar-refractivity contribution in [3.05, 3.63) is 76.1 Å². The van der Waals surface area contributed by atoms with E-state index < -0.39 is 5.60 Å². The number of rotatable bonds is 11. The number of piperidine rings is 1. The van der Waals surface area contributed by atoms with Crippen LogP contribution in [0.5, 0.6) is 0 Å². The van der Waals surface area contributed by atoms with Crippen molar-refractivity contribution < 1.29 is 19.5 Å². The van der Waals surface area contributed by atoms with Crippen molar-refractivity contribution in [3.8, 4) is 0 Å². The number of nitrogens with zero attached hydrogens (tertiary/aromatic N) is 4. The van der Waals surface area contributed by atoms with Crippen molar-refractivity contribution in [2.75, 3.05) is 13.1 Å². The summed E-state index contributed by atoms with van der Waals surface area (Å²) in [4.78, 5) is 55.9. The van der Waals surface area contributed by atoms with E-state index in [0.717, 1.165) is 6.42 Å². The third kappa shape index (κ3) is 6.72. The molecule has 0 spiro atoms. The van der Waals surface area contributed by atoms with Gasteiger partial charge in [0.15, 0.2) is 11.6 Å². The number of fused-ring (bicyclic) bond motifs is 1. The summed E-state index contributed by atoms with van der Waals surface area (Å²) in [5, 5.41) is 12.1. The number of benzene rings is 1. The zero-order valence-corrected chi connectivity index (χ0v) is 22.8. The normalized spacial score (nSPS) is 14.9. The van der Waals surface area contributed by atoms with Crippen LogP contribution in [0.4, 0.5) is 0 Å². The molecular formula is C29H33ClN4O5. The fourth-order valence-electron chi connectivity index (χ4n) is 5.01. The summed E-state index contributed by atoms with van der Waals surface area (Å²) < 4.78 is 3.08. The summed E-state index contributed by atoms with van der Waals surface area (Å²) in [6.45, 7) is 4.41. The predicted octanol–water partition coefficient (Wildman–Crippen LogP) is 3.94. The molecule has 2 aromatic heterocycles. The maximum absolute atomic E-state index is 12.8. The molecule has 3 aromatic rings. The standard InChI is InChI=1S/C29H33ClN4O5/c1-3-25(35)20-15-24(32(2)17-20)26(36)7-5-4-6-8-27(37)33-13-11-29(39,12-14-33)18-34-19-31-23-16-21(30)9-10-22(23)28(34)38/h3,9-10,15-17,19,39H,1,4-8,11-14,18H2,2H3. The van der Waals surface area contributed by atoms with Crippen LogP contribution < -0.4 is 5.56 Å². The molecule has 0 unspecified atom stereocenters. The number of hydrogen-bond donors (Lipinski definition) is 1. The molecule has 0 radical (unpaired) electrons. The third-order valence-electron chi connectivity index (χ3n) is 7.35. The Labute approximate surface area is 231 Å². The van der Waals surface area contributed by atoms with Crippen LogP contribution in [0, 0.1) is 0 Å². The molecule has 4 rings (SSSR count). The van der Waals surface area contributed by atoms with Gasteiger partial charge in [0, 0.05) is 49.8 Å². The van der Waals surface area contributed by atoms with Gasteiger partial charge < -0.3 is 14.6 Å². The monoisotopic (exact) mass is 552 g/mol. The van der Waals surface area contributed by atoms with E-state index in [4.69, 9.17) is 11.6 Å². The Morgan fingerprint density at radius 3 is 2.56 bits per heavy atom. The van der Waals surface area contributed by atoms with Crippen LogP contribution in [0.25, 0.3) is 10.9 Å². The lowest BCUT2D eigenvalue weighted by Crippen LogP contribution is -2.49. The molecule has 9 nitrogen and oxygen atoms in total. The Bertz CT molecular complexity index is 1470. The Hall–Kier alpha value is -3.56. The minimum Gasteiger partial charge on any atom is -0.388 e. The number of aryl methyl sites for hydroxylation is 1. The van der Waals surface area contributed by atoms with E-state index in [1.54, 1.807) is 47.0 Å². The number of unbranched alkanes of at least 4 members (excludes halogenated alkanes) is 2. The Morgan fingerprint density at radius 2 is 1.85 bits per heavy atom. The van der Waals surface area contributed by atoms with Gasteiger partial charge in [-0.2, -0.15) is 0 Å². The number of amides is 1. The van der Waals surface area contributed by atoms with Crippen LogP contribution in [0.3, 0.4) is 0 Å². The van der Waals surface area contributed by atoms with Crippen LogP contribution in [0.15, 0.2) is 54.2 Å². The second kappa shape index (κ2) is 12.1. The summed E-state index contributed by atoms with van der Waals surface area (Å²) in [5.74, 6) is -0.226. The second-order valence-corrected chi connectivity index (χ2v) is 10.7. The Balaban J connectivity index is 1.20. The minimum absolute atomic E-state index is 0.0276. The summed E-state index contributed by atoms with van der Waals surface area (Å²) in [5.41, 5.74) is 0.106. The number of ketones is 2. The molecule has 0 saturated carbocycles. The topological polar surface area (TPSA) is 115 Å². The van der Waals surface area contributed by atoms with Gasteiger partial charge in [-0.1, -0.05) is 24.6 Å². The number of allylic oxidation sites excluding steroid dienone is 1. The molecule has 1 aliphatic heterocycles. The SMILES string of the molecule is C=CC(=O)c1cc(C(=O)CCCCCC(=O)N2CCC(O)(Cn3cnc4cc(Cl)ccc4c3=O)CC2)n(C)c1. The van der Waals surface area contributed by atoms with Crippen LogP contribution in [-0.4, -0.2) is 60.3 Å². The number of Topliss-reactive ketones (excluding diaryl/α,β-unsaturated/α-hetero) is 1. The number of likely N-dealkylation sites (tertiary alicyclic amines) is 1. The number of aromatic nitrogens is 3. The van der Waals surface area contributed by atoms with Crippen LogP contribution >= 0.6 is 11.6 Å². The molecule has 1 amide bonds. The summed E-state index contributed by atoms with van der Waals surface area (Å²) in [6.07, 6.45) is 7.81. The molecule has 39 heavy (non-hydrogen) atoms. The Kier molecular flexibility index (Phi) is 8.82. The third-order valence-corrected chi connectivity index (χ3v) is 7.59. The number of carbonyl (C=O) groups excluding carboxylic acids is 3. The number of aliphatic hydroxyl groups is 1. The highest BCUT2D eigenvalue weighted by atomic mass is 35.5. The van der Waals surface area contributed by atoms with E-state index in [-0.39, 0.29) is 29.6 Å². The molecule has 3 heterocycles. The van der Waals surface area contributed by atoms with Crippen molar-refractivity contribution in [1.82, 2.24) is 19.0 Å². The van der Waals surface area contributed by atoms with E-state index in [1.807, 2.05) is 0 Å². The highest BCUT2D eigenvalue weighted by Gasteiger charge is 2.34. The molecule has 1 aromatic carbocycles. The zero-order chi connectivity index (χ0) is 28.2. The molecule has 0 aliphatic carbocycles. The van der Waals surface area contributed by atoms with Crippen molar-refractivity contribution in [2.24, 2.45) is 7.05 Å². The maximum atomic E-state index is 12.8. The van der Waals surface area contributed by atoms with E-state index in [1.165, 1.54) is 17.0 Å². The maximum Gasteiger partial charge on any atom is 0.261 e. The van der Waals surface area contributed by atoms with Crippen molar-refractivity contribution in [2.45, 2.75) is 57.1 Å². The molecular weight excluding hydrogens is 520 g/mol. The highest BCUT2D eigenvalue weighted by molar-refractivity contribution is 6.31. The quantitative estimate of drug-likeness (QED) is 0.219. The molecule has 1 saturated heterocycles. The van der Waals surface area contributed by atoms with Gasteiger partial charge >= 0.3 is 0 Å². The van der Waals surface area contributed by atoms with Gasteiger partial charge in [-0.05, 0) is 56.0 Å². The lowest BCUT2D eigenvalue weighted by molar-refractivity contribution is -0.136. The Morgan fingerprint density at radius 1 is 1.13 bits per heavy atom. The van der Waals surface area contributed by atoms with Gasteiger partial charge in [-0.15, -0.1) is 0 Å². The summed E-state index contributed by atoms with van der Waals surface area (Å²) in [6, 6.07) is 6.50. The first-order chi connectivity index (χ1) is 18.6. The van der Waals surface area contributed by atoms with Gasteiger partial charge in [0.05, 0.1) is 35.1 Å². The van der Waals surface area contributed by atoms with Crippen LogP contribution in [0.2, 0.25) is 5.02 Å². The van der Waals surface area contributed by atoms with Gasteiger partial charge in [0.1, 0.15) is 0 Å². The first-order valence-electron chi connectivity index (χ1n) is 13.1. The van der Waals surface area contributed by atoms with Gasteiger partial charge in [0.25, 0.3) is 5.56 Å². The molecule has 206 valence electrons. The van der Waals surface area contributed by atoms with E-state index in [0.29, 0.717) is 78.8 Å². The van der Waals surface area contributed by atoms with Crippen molar-refractivity contribution >= 4 is 40.0 Å². The van der Waals surface area contributed by atoms with Crippen molar-refractivity contribution in [1.29, 1.82) is 0 Å². The first-order valence-corrected chi connectivity index (χ1v) is 13.5. The van der Waals surface area contributed by atoms with Crippen LogP contribution in [0.1, 0.15) is 65.8 Å². The molecule has 1 fully saturated rings. The van der Waals surface area contributed by atoms with Gasteiger partial charge in [-0.3, -0.25) is 23.7 Å². The van der Waals surface area contributed by atoms with Gasteiger partial charge in [-0.25, -0.2) is 4.98 Å². The smallest absolute Gasteiger partial charge is 0.261 e. The predicted molar refractivity (Wildman–Crippen MR) is 149 cm³/mol. The average molecular weight is 553 g/mol. The van der Waals surface area contributed by atoms with Gasteiger partial charge in [0.2, 0.25) is 5.91 Å². The molecule has 0 atom stereocenters. The number of hydrogen-bond acceptors (Lipinski definition) is 6. The molecule has 10 heteroatoms. The van der Waals surface area contributed by atoms with E-state index in [9.17, 15) is 24.3 Å². The fourth-order valence-corrected chi connectivity index (χ4v) is 5.18. The fraction of sp³-hybridized carbons (Fsp3) is 0.414. The zero-order valence-electron chi connectivity index (χ0n) is 22.1. The minimum atomic E-state index is -1.10. The first kappa shape index (κ1) is 28.4. The second-order valence-electron chi connectivity index (χ2n) is 10.2. The molecule has 0 bridgehead atoms. The molecule has 1 N–H and O–H groups in total. The number of halogens is 1. The lowest BCUT2D eigenvalue weighted by Gasteiger charge is -2.38. The largest absolute Gasteiger partial charge is 0.388 e. The lowest BCUT2D eigenvalue weighted by atomic mass is 9.91. The van der Waals surface area contributed by atoms with E-state index >= 15 is 0 Å². The highest BCUT2D eigenvalue weighted by Crippen LogP contribution is 2.25. The summed E-state index contributed by atoms with van der Waals surface area (Å²) >= 11 is 5.98. The van der Waals surface area contributed by atoms with Crippen molar-refractivity contribution in [3.63, 3.8) is 0 Å². The van der Waals surface area contributed by atoms with Crippen LogP contribution in [-0.2, 0) is 18.4 Å². The number of carbonyl (C=O) groups is 3.